The van der Waals surface area contributed by atoms with E-state index in [0.717, 1.165) is 41.9 Å². The zero-order valence-corrected chi connectivity index (χ0v) is 14.2. The molecule has 4 nitrogen and oxygen atoms in total. The number of H-pyrrole nitrogens is 1. The van der Waals surface area contributed by atoms with Gasteiger partial charge in [-0.1, -0.05) is 0 Å². The molecule has 124 valence electrons. The Bertz CT molecular complexity index is 676. The molecule has 1 aliphatic heterocycles. The second-order valence-electron chi connectivity index (χ2n) is 5.77. The summed E-state index contributed by atoms with van der Waals surface area (Å²) in [5, 5.41) is 8.38. The molecule has 2 aromatic rings. The number of rotatable bonds is 5. The monoisotopic (exact) mass is 334 g/mol. The number of hydrogen-bond acceptors (Lipinski definition) is 2. The molecule has 6 heteroatoms. The second-order valence-corrected chi connectivity index (χ2v) is 7.18. The van der Waals surface area contributed by atoms with Crippen LogP contribution >= 0.6 is 11.8 Å². The number of nitrogens with one attached hydrogen (secondary N) is 3. The lowest BCUT2D eigenvalue weighted by Crippen LogP contribution is -2.40. The maximum Gasteiger partial charge on any atom is 0.191 e. The minimum absolute atomic E-state index is 0.196. The first-order chi connectivity index (χ1) is 11.3. The first kappa shape index (κ1) is 16.2. The molecule has 0 radical (unpaired) electrons. The van der Waals surface area contributed by atoms with Crippen LogP contribution in [0.3, 0.4) is 0 Å². The molecule has 1 aliphatic rings. The highest BCUT2D eigenvalue weighted by Crippen LogP contribution is 2.25. The van der Waals surface area contributed by atoms with Gasteiger partial charge in [-0.15, -0.1) is 0 Å². The predicted molar refractivity (Wildman–Crippen MR) is 96.8 cm³/mol. The van der Waals surface area contributed by atoms with Crippen LogP contribution < -0.4 is 10.6 Å². The minimum atomic E-state index is -0.196. The van der Waals surface area contributed by atoms with E-state index >= 15 is 0 Å². The number of benzene rings is 1. The van der Waals surface area contributed by atoms with Gasteiger partial charge < -0.3 is 15.6 Å². The van der Waals surface area contributed by atoms with Gasteiger partial charge >= 0.3 is 0 Å². The van der Waals surface area contributed by atoms with Crippen molar-refractivity contribution in [1.29, 1.82) is 0 Å². The Morgan fingerprint density at radius 3 is 3.13 bits per heavy atom. The Balaban J connectivity index is 1.49. The van der Waals surface area contributed by atoms with Gasteiger partial charge in [-0.25, -0.2) is 4.39 Å². The molecule has 0 saturated carbocycles. The van der Waals surface area contributed by atoms with Crippen molar-refractivity contribution in [3.05, 3.63) is 35.8 Å². The predicted octanol–water partition coefficient (Wildman–Crippen LogP) is 2.91. The van der Waals surface area contributed by atoms with Crippen LogP contribution in [0.2, 0.25) is 0 Å². The number of aromatic nitrogens is 1. The molecule has 23 heavy (non-hydrogen) atoms. The average molecular weight is 334 g/mol. The Morgan fingerprint density at radius 1 is 1.43 bits per heavy atom. The second kappa shape index (κ2) is 7.73. The van der Waals surface area contributed by atoms with Crippen LogP contribution in [-0.2, 0) is 6.42 Å². The van der Waals surface area contributed by atoms with Crippen LogP contribution in [0.15, 0.2) is 29.4 Å². The van der Waals surface area contributed by atoms with Crippen molar-refractivity contribution in [1.82, 2.24) is 15.6 Å². The Labute approximate surface area is 140 Å². The summed E-state index contributed by atoms with van der Waals surface area (Å²) in [6.07, 6.45) is 5.38. The summed E-state index contributed by atoms with van der Waals surface area (Å²) in [6, 6.07) is 4.85. The van der Waals surface area contributed by atoms with Gasteiger partial charge in [0.2, 0.25) is 0 Å². The van der Waals surface area contributed by atoms with Crippen LogP contribution in [-0.4, -0.2) is 42.1 Å². The van der Waals surface area contributed by atoms with E-state index in [-0.39, 0.29) is 5.82 Å². The van der Waals surface area contributed by atoms with Gasteiger partial charge in [0, 0.05) is 42.5 Å². The lowest BCUT2D eigenvalue weighted by molar-refractivity contribution is 0.629. The van der Waals surface area contributed by atoms with Crippen LogP contribution in [0.5, 0.6) is 0 Å². The van der Waals surface area contributed by atoms with Gasteiger partial charge in [-0.2, -0.15) is 11.8 Å². The molecule has 1 fully saturated rings. The number of aromatic amines is 1. The molecule has 0 spiro atoms. The molecule has 0 bridgehead atoms. The number of aliphatic imine (C=N–C) groups is 1. The molecule has 1 saturated heterocycles. The number of hydrogen-bond donors (Lipinski definition) is 3. The average Bonchev–Trinajstić information content (AvgIpc) is 3.20. The van der Waals surface area contributed by atoms with Crippen molar-refractivity contribution in [2.75, 3.05) is 25.9 Å². The number of guanidine groups is 1. The maximum atomic E-state index is 13.4. The van der Waals surface area contributed by atoms with Crippen LogP contribution in [0.4, 0.5) is 4.39 Å². The van der Waals surface area contributed by atoms with Gasteiger partial charge in [-0.05, 0) is 48.8 Å². The summed E-state index contributed by atoms with van der Waals surface area (Å²) in [5.41, 5.74) is 2.09. The van der Waals surface area contributed by atoms with E-state index < -0.39 is 0 Å². The first-order valence-corrected chi connectivity index (χ1v) is 9.13. The summed E-state index contributed by atoms with van der Waals surface area (Å²) in [7, 11) is 1.79. The summed E-state index contributed by atoms with van der Waals surface area (Å²) in [4.78, 5) is 7.45. The molecular weight excluding hydrogens is 311 g/mol. The van der Waals surface area contributed by atoms with E-state index in [4.69, 9.17) is 0 Å². The Morgan fingerprint density at radius 2 is 2.35 bits per heavy atom. The maximum absolute atomic E-state index is 13.4. The molecular formula is C17H23FN4S. The standard InChI is InChI=1S/C17H23FN4S/c1-19-17(22-11-14-3-2-8-23-14)20-7-6-12-10-21-16-5-4-13(18)9-15(12)16/h4-5,9-10,14,21H,2-3,6-8,11H2,1H3,(H2,19,20,22). The summed E-state index contributed by atoms with van der Waals surface area (Å²) < 4.78 is 13.4. The smallest absolute Gasteiger partial charge is 0.191 e. The topological polar surface area (TPSA) is 52.2 Å². The lowest BCUT2D eigenvalue weighted by atomic mass is 10.1. The fraction of sp³-hybridized carbons (Fsp3) is 0.471. The molecule has 3 N–H and O–H groups in total. The van der Waals surface area contributed by atoms with E-state index in [0.29, 0.717) is 5.25 Å². The molecule has 2 heterocycles. The summed E-state index contributed by atoms with van der Waals surface area (Å²) in [5.74, 6) is 1.91. The quantitative estimate of drug-likeness (QED) is 0.582. The number of thioether (sulfide) groups is 1. The van der Waals surface area contributed by atoms with Crippen molar-refractivity contribution >= 4 is 28.6 Å². The van der Waals surface area contributed by atoms with E-state index in [9.17, 15) is 4.39 Å². The Hall–Kier alpha value is -1.69. The van der Waals surface area contributed by atoms with Gasteiger partial charge in [-0.3, -0.25) is 4.99 Å². The SMILES string of the molecule is CN=C(NCCc1c[nH]c2ccc(F)cc12)NCC1CCCS1. The van der Waals surface area contributed by atoms with Crippen molar-refractivity contribution in [2.45, 2.75) is 24.5 Å². The number of halogens is 1. The lowest BCUT2D eigenvalue weighted by Gasteiger charge is -2.14. The minimum Gasteiger partial charge on any atom is -0.361 e. The van der Waals surface area contributed by atoms with Crippen molar-refractivity contribution < 1.29 is 4.39 Å². The molecule has 3 rings (SSSR count). The fourth-order valence-corrected chi connectivity index (χ4v) is 4.11. The third-order valence-corrected chi connectivity index (χ3v) is 5.56. The van der Waals surface area contributed by atoms with Crippen molar-refractivity contribution in [3.63, 3.8) is 0 Å². The highest BCUT2D eigenvalue weighted by Gasteiger charge is 2.15. The molecule has 1 unspecified atom stereocenters. The van der Waals surface area contributed by atoms with Crippen molar-refractivity contribution in [2.24, 2.45) is 4.99 Å². The third kappa shape index (κ3) is 4.19. The van der Waals surface area contributed by atoms with Gasteiger partial charge in [0.25, 0.3) is 0 Å². The summed E-state index contributed by atoms with van der Waals surface area (Å²) in [6.45, 7) is 1.73. The zero-order chi connectivity index (χ0) is 16.1. The van der Waals surface area contributed by atoms with E-state index in [2.05, 4.69) is 20.6 Å². The molecule has 0 amide bonds. The molecule has 1 aromatic heterocycles. The first-order valence-electron chi connectivity index (χ1n) is 8.08. The molecule has 1 atom stereocenters. The fourth-order valence-electron chi connectivity index (χ4n) is 2.91. The third-order valence-electron chi connectivity index (χ3n) is 4.16. The van der Waals surface area contributed by atoms with Gasteiger partial charge in [0.15, 0.2) is 5.96 Å². The highest BCUT2D eigenvalue weighted by atomic mass is 32.2. The van der Waals surface area contributed by atoms with Crippen LogP contribution in [0.1, 0.15) is 18.4 Å². The zero-order valence-electron chi connectivity index (χ0n) is 13.4. The number of nitrogens with zero attached hydrogens (tertiary/aromatic N) is 1. The van der Waals surface area contributed by atoms with Gasteiger partial charge in [0.1, 0.15) is 5.82 Å². The molecule has 0 aliphatic carbocycles. The van der Waals surface area contributed by atoms with E-state index in [1.807, 2.05) is 18.0 Å². The number of fused-ring (bicyclic) bond motifs is 1. The van der Waals surface area contributed by atoms with E-state index in [1.165, 1.54) is 24.7 Å². The van der Waals surface area contributed by atoms with Crippen molar-refractivity contribution in [3.8, 4) is 0 Å². The normalized spacial score (nSPS) is 18.5. The summed E-state index contributed by atoms with van der Waals surface area (Å²) >= 11 is 2.03. The van der Waals surface area contributed by atoms with Crippen LogP contribution in [0.25, 0.3) is 10.9 Å². The largest absolute Gasteiger partial charge is 0.361 e. The molecule has 1 aromatic carbocycles. The highest BCUT2D eigenvalue weighted by molar-refractivity contribution is 8.00. The Kier molecular flexibility index (Phi) is 5.43. The van der Waals surface area contributed by atoms with E-state index in [1.54, 1.807) is 19.2 Å². The van der Waals surface area contributed by atoms with Gasteiger partial charge in [0.05, 0.1) is 0 Å². The van der Waals surface area contributed by atoms with Crippen LogP contribution in [0, 0.1) is 5.82 Å².